The largest absolute Gasteiger partial charge is 0.301 e. The Kier molecular flexibility index (Phi) is 4.46. The van der Waals surface area contributed by atoms with Crippen molar-refractivity contribution in [2.75, 3.05) is 39.3 Å². The van der Waals surface area contributed by atoms with Gasteiger partial charge in [-0.2, -0.15) is 0 Å². The average Bonchev–Trinajstić information content (AvgIpc) is 2.19. The fourth-order valence-corrected chi connectivity index (χ4v) is 1.71. The van der Waals surface area contributed by atoms with Crippen molar-refractivity contribution < 1.29 is 0 Å². The van der Waals surface area contributed by atoms with Crippen molar-refractivity contribution in [3.8, 4) is 0 Å². The van der Waals surface area contributed by atoms with E-state index in [9.17, 15) is 0 Å². The van der Waals surface area contributed by atoms with Crippen LogP contribution in [0.5, 0.6) is 0 Å². The van der Waals surface area contributed by atoms with Crippen molar-refractivity contribution in [3.05, 3.63) is 11.6 Å². The normalized spacial score (nSPS) is 22.2. The van der Waals surface area contributed by atoms with Gasteiger partial charge in [-0.05, 0) is 20.4 Å². The van der Waals surface area contributed by atoms with Gasteiger partial charge in [0.1, 0.15) is 0 Å². The molecule has 1 rings (SSSR count). The number of allylic oxidation sites excluding steroid dienone is 1. The Balaban J connectivity index is 2.25. The molecule has 1 fully saturated rings. The van der Waals surface area contributed by atoms with Gasteiger partial charge in [-0.3, -0.25) is 4.90 Å². The smallest absolute Gasteiger partial charge is 0.0191 e. The third kappa shape index (κ3) is 3.49. The van der Waals surface area contributed by atoms with E-state index in [2.05, 4.69) is 36.6 Å². The van der Waals surface area contributed by atoms with E-state index in [1.165, 1.54) is 38.3 Å². The van der Waals surface area contributed by atoms with Gasteiger partial charge in [0.2, 0.25) is 0 Å². The van der Waals surface area contributed by atoms with Crippen LogP contribution in [-0.2, 0) is 0 Å². The first-order chi connectivity index (χ1) is 6.26. The second-order valence-electron chi connectivity index (χ2n) is 3.85. The maximum atomic E-state index is 2.54. The van der Waals surface area contributed by atoms with Crippen molar-refractivity contribution in [2.24, 2.45) is 0 Å². The highest BCUT2D eigenvalue weighted by atomic mass is 15.3. The lowest BCUT2D eigenvalue weighted by molar-refractivity contribution is 0.146. The molecule has 0 atom stereocenters. The van der Waals surface area contributed by atoms with E-state index in [4.69, 9.17) is 0 Å². The van der Waals surface area contributed by atoms with Gasteiger partial charge < -0.3 is 4.90 Å². The quantitative estimate of drug-likeness (QED) is 0.612. The summed E-state index contributed by atoms with van der Waals surface area (Å²) in [6.07, 6.45) is 2.21. The average molecular weight is 182 g/mol. The zero-order valence-electron chi connectivity index (χ0n) is 9.21. The maximum absolute atomic E-state index is 2.54. The Labute approximate surface area is 82.2 Å². The Morgan fingerprint density at radius 1 is 1.15 bits per heavy atom. The number of piperazine rings is 1. The van der Waals surface area contributed by atoms with E-state index >= 15 is 0 Å². The molecule has 0 saturated carbocycles. The molecule has 0 amide bonds. The van der Waals surface area contributed by atoms with E-state index in [-0.39, 0.29) is 0 Å². The molecule has 1 aliphatic rings. The molecule has 1 aliphatic heterocycles. The maximum Gasteiger partial charge on any atom is 0.0191 e. The molecular weight excluding hydrogens is 160 g/mol. The standard InChI is InChI=1S/C11H22N2/c1-4-11(3)10-13-8-6-12(5-2)7-9-13/h4H,5-10H2,1-3H3. The van der Waals surface area contributed by atoms with Gasteiger partial charge in [0.05, 0.1) is 0 Å². The van der Waals surface area contributed by atoms with E-state index in [0.29, 0.717) is 0 Å². The summed E-state index contributed by atoms with van der Waals surface area (Å²) in [6, 6.07) is 0. The predicted octanol–water partition coefficient (Wildman–Crippen LogP) is 1.59. The van der Waals surface area contributed by atoms with Crippen LogP contribution in [0.4, 0.5) is 0 Å². The third-order valence-corrected chi connectivity index (χ3v) is 2.88. The van der Waals surface area contributed by atoms with Crippen LogP contribution in [-0.4, -0.2) is 49.1 Å². The Morgan fingerprint density at radius 3 is 2.15 bits per heavy atom. The van der Waals surface area contributed by atoms with E-state index in [1.54, 1.807) is 0 Å². The molecule has 0 N–H and O–H groups in total. The minimum absolute atomic E-state index is 1.16. The molecule has 0 spiro atoms. The summed E-state index contributed by atoms with van der Waals surface area (Å²) in [5.74, 6) is 0. The third-order valence-electron chi connectivity index (χ3n) is 2.88. The number of likely N-dealkylation sites (N-methyl/N-ethyl adjacent to an activating group) is 1. The first kappa shape index (κ1) is 10.7. The number of hydrogen-bond donors (Lipinski definition) is 0. The lowest BCUT2D eigenvalue weighted by atomic mass is 10.2. The zero-order valence-corrected chi connectivity index (χ0v) is 9.21. The Hall–Kier alpha value is -0.340. The molecule has 1 saturated heterocycles. The van der Waals surface area contributed by atoms with Crippen LogP contribution in [0.15, 0.2) is 11.6 Å². The second-order valence-corrected chi connectivity index (χ2v) is 3.85. The molecular formula is C11H22N2. The lowest BCUT2D eigenvalue weighted by Gasteiger charge is -2.34. The van der Waals surface area contributed by atoms with Crippen molar-refractivity contribution in [3.63, 3.8) is 0 Å². The van der Waals surface area contributed by atoms with Crippen molar-refractivity contribution in [2.45, 2.75) is 20.8 Å². The highest BCUT2D eigenvalue weighted by molar-refractivity contribution is 4.98. The van der Waals surface area contributed by atoms with Crippen LogP contribution < -0.4 is 0 Å². The first-order valence-corrected chi connectivity index (χ1v) is 5.32. The second kappa shape index (κ2) is 5.40. The number of nitrogens with zero attached hydrogens (tertiary/aromatic N) is 2. The summed E-state index contributed by atoms with van der Waals surface area (Å²) in [7, 11) is 0. The van der Waals surface area contributed by atoms with Gasteiger partial charge in [0.25, 0.3) is 0 Å². The molecule has 76 valence electrons. The fourth-order valence-electron chi connectivity index (χ4n) is 1.71. The first-order valence-electron chi connectivity index (χ1n) is 5.32. The van der Waals surface area contributed by atoms with Gasteiger partial charge in [-0.15, -0.1) is 0 Å². The monoisotopic (exact) mass is 182 g/mol. The van der Waals surface area contributed by atoms with Gasteiger partial charge in [0.15, 0.2) is 0 Å². The minimum atomic E-state index is 1.16. The molecule has 13 heavy (non-hydrogen) atoms. The lowest BCUT2D eigenvalue weighted by Crippen LogP contribution is -2.46. The Morgan fingerprint density at radius 2 is 1.69 bits per heavy atom. The van der Waals surface area contributed by atoms with Crippen LogP contribution >= 0.6 is 0 Å². The number of hydrogen-bond acceptors (Lipinski definition) is 2. The topological polar surface area (TPSA) is 6.48 Å². The number of rotatable bonds is 3. The summed E-state index contributed by atoms with van der Waals surface area (Å²) in [6.45, 7) is 13.9. The summed E-state index contributed by atoms with van der Waals surface area (Å²) < 4.78 is 0. The van der Waals surface area contributed by atoms with Crippen LogP contribution in [0.2, 0.25) is 0 Å². The molecule has 0 bridgehead atoms. The van der Waals surface area contributed by atoms with Gasteiger partial charge >= 0.3 is 0 Å². The summed E-state index contributed by atoms with van der Waals surface area (Å²) in [4.78, 5) is 5.06. The van der Waals surface area contributed by atoms with E-state index < -0.39 is 0 Å². The van der Waals surface area contributed by atoms with Crippen LogP contribution in [0, 0.1) is 0 Å². The molecule has 2 heteroatoms. The summed E-state index contributed by atoms with van der Waals surface area (Å²) >= 11 is 0. The Bertz CT molecular complexity index is 167. The summed E-state index contributed by atoms with van der Waals surface area (Å²) in [5.41, 5.74) is 1.49. The van der Waals surface area contributed by atoms with E-state index in [0.717, 1.165) is 6.54 Å². The highest BCUT2D eigenvalue weighted by Crippen LogP contribution is 2.04. The molecule has 0 aliphatic carbocycles. The van der Waals surface area contributed by atoms with Crippen LogP contribution in [0.3, 0.4) is 0 Å². The molecule has 0 aromatic rings. The molecule has 0 aromatic carbocycles. The minimum Gasteiger partial charge on any atom is -0.301 e. The fraction of sp³-hybridized carbons (Fsp3) is 0.818. The van der Waals surface area contributed by atoms with Crippen LogP contribution in [0.25, 0.3) is 0 Å². The molecule has 2 nitrogen and oxygen atoms in total. The van der Waals surface area contributed by atoms with E-state index in [1.807, 2.05) is 0 Å². The molecule has 0 unspecified atom stereocenters. The van der Waals surface area contributed by atoms with Crippen molar-refractivity contribution >= 4 is 0 Å². The molecule has 0 aromatic heterocycles. The van der Waals surface area contributed by atoms with Crippen molar-refractivity contribution in [1.82, 2.24) is 9.80 Å². The predicted molar refractivity (Wildman–Crippen MR) is 58.0 cm³/mol. The summed E-state index contributed by atoms with van der Waals surface area (Å²) in [5, 5.41) is 0. The van der Waals surface area contributed by atoms with Gasteiger partial charge in [-0.1, -0.05) is 18.6 Å². The zero-order chi connectivity index (χ0) is 9.68. The van der Waals surface area contributed by atoms with Crippen LogP contribution in [0.1, 0.15) is 20.8 Å². The van der Waals surface area contributed by atoms with Gasteiger partial charge in [0, 0.05) is 32.7 Å². The highest BCUT2D eigenvalue weighted by Gasteiger charge is 2.14. The van der Waals surface area contributed by atoms with Gasteiger partial charge in [-0.25, -0.2) is 0 Å². The molecule has 1 heterocycles. The SMILES string of the molecule is CC=C(C)CN1CCN(CC)CC1. The molecule has 0 radical (unpaired) electrons. The van der Waals surface area contributed by atoms with Crippen molar-refractivity contribution in [1.29, 1.82) is 0 Å².